The third kappa shape index (κ3) is 9.87. The lowest BCUT2D eigenvalue weighted by molar-refractivity contribution is -0.355. The fourth-order valence-electron chi connectivity index (χ4n) is 7.50. The maximum absolute atomic E-state index is 12.9. The van der Waals surface area contributed by atoms with Gasteiger partial charge in [0, 0.05) is 13.5 Å². The molecule has 0 spiro atoms. The molecule has 3 aliphatic carbocycles. The Morgan fingerprint density at radius 1 is 0.933 bits per heavy atom. The van der Waals surface area contributed by atoms with Crippen LogP contribution >= 0.6 is 0 Å². The summed E-state index contributed by atoms with van der Waals surface area (Å²) in [7, 11) is 1.56. The maximum atomic E-state index is 12.9. The predicted octanol–water partition coefficient (Wildman–Crippen LogP) is 10.9. The van der Waals surface area contributed by atoms with Crippen LogP contribution in [0.25, 0.3) is 0 Å². The number of rotatable bonds is 12. The highest BCUT2D eigenvalue weighted by atomic mass is 19.4. The van der Waals surface area contributed by atoms with Gasteiger partial charge in [-0.3, -0.25) is 4.79 Å². The molecule has 0 aromatic heterocycles. The summed E-state index contributed by atoms with van der Waals surface area (Å²) >= 11 is 0. The van der Waals surface area contributed by atoms with Crippen LogP contribution in [0.1, 0.15) is 127 Å². The van der Waals surface area contributed by atoms with Gasteiger partial charge in [-0.2, -0.15) is 30.7 Å². The van der Waals surface area contributed by atoms with E-state index in [9.17, 15) is 35.8 Å². The minimum atomic E-state index is -6.21. The molecule has 2 saturated carbocycles. The number of hydrogen-bond donors (Lipinski definition) is 2. The van der Waals surface area contributed by atoms with Gasteiger partial charge in [0.15, 0.2) is 0 Å². The standard InChI is InChI=1S/C19H24O.C14H23F7.C2H5NO/c1-12-3-8-18-17-6-4-13-11-14(20)5-7-15(13)16(17)9-10-19(12,18)2;1-2-3-4-5-6-7-8-9-10-11-12(15,16)13(17,18)14(19,20)21;1-3-2-4/h5,7,11,16-18,20H,1,3-4,6,8-10H2,2H3;2-11H2,1H3;2H,1H3,(H,3,4). The number of aryl methyl sites for hydroxylation is 1. The molecule has 0 aliphatic heterocycles. The number of hydrogen-bond acceptors (Lipinski definition) is 2. The normalized spacial score (nSPS) is 24.2. The number of carbonyl (C=O) groups is 1. The molecule has 0 radical (unpaired) electrons. The van der Waals surface area contributed by atoms with Crippen molar-refractivity contribution in [2.45, 2.75) is 141 Å². The third-order valence-corrected chi connectivity index (χ3v) is 10.2. The molecular formula is C35H52F7NO2. The lowest BCUT2D eigenvalue weighted by Crippen LogP contribution is -2.51. The van der Waals surface area contributed by atoms with E-state index in [4.69, 9.17) is 4.79 Å². The SMILES string of the molecule is C=C1CCC2C3CCc4cc(O)ccc4C3CCC12C.CCCCCCCCCCCC(F)(F)C(F)(F)C(F)(F)F.CNC=O. The highest BCUT2D eigenvalue weighted by molar-refractivity contribution is 5.44. The molecular weight excluding hydrogens is 599 g/mol. The van der Waals surface area contributed by atoms with Crippen LogP contribution in [0.15, 0.2) is 30.4 Å². The second-order valence-corrected chi connectivity index (χ2v) is 13.2. The Hall–Kier alpha value is -2.26. The number of alkyl halides is 7. The van der Waals surface area contributed by atoms with Crippen molar-refractivity contribution in [2.75, 3.05) is 7.05 Å². The zero-order valence-electron chi connectivity index (χ0n) is 27.1. The molecule has 4 atom stereocenters. The molecule has 3 aliphatic rings. The maximum Gasteiger partial charge on any atom is 0.459 e. The van der Waals surface area contributed by atoms with Crippen molar-refractivity contribution in [1.29, 1.82) is 0 Å². The Balaban J connectivity index is 0.000000280. The molecule has 1 aromatic carbocycles. The average molecular weight is 652 g/mol. The summed E-state index contributed by atoms with van der Waals surface area (Å²) in [6.45, 7) is 8.92. The molecule has 4 rings (SSSR count). The number of halogens is 7. The van der Waals surface area contributed by atoms with E-state index in [-0.39, 0.29) is 12.8 Å². The number of unbranched alkanes of at least 4 members (excludes halogenated alkanes) is 8. The van der Waals surface area contributed by atoms with Crippen LogP contribution in [0, 0.1) is 17.3 Å². The Morgan fingerprint density at radius 3 is 2.07 bits per heavy atom. The zero-order valence-corrected chi connectivity index (χ0v) is 27.1. The van der Waals surface area contributed by atoms with E-state index in [0.717, 1.165) is 62.7 Å². The second kappa shape index (κ2) is 17.1. The highest BCUT2D eigenvalue weighted by Crippen LogP contribution is 2.62. The van der Waals surface area contributed by atoms with E-state index in [0.29, 0.717) is 24.0 Å². The van der Waals surface area contributed by atoms with Gasteiger partial charge in [0.2, 0.25) is 6.41 Å². The van der Waals surface area contributed by atoms with Gasteiger partial charge in [-0.15, -0.1) is 0 Å². The van der Waals surface area contributed by atoms with Crippen molar-refractivity contribution in [3.05, 3.63) is 41.5 Å². The predicted molar refractivity (Wildman–Crippen MR) is 165 cm³/mol. The molecule has 4 unspecified atom stereocenters. The van der Waals surface area contributed by atoms with Gasteiger partial charge in [0.05, 0.1) is 0 Å². The largest absolute Gasteiger partial charge is 0.508 e. The van der Waals surface area contributed by atoms with Crippen molar-refractivity contribution >= 4 is 6.41 Å². The number of allylic oxidation sites excluding steroid dienone is 1. The third-order valence-electron chi connectivity index (χ3n) is 10.2. The van der Waals surface area contributed by atoms with Gasteiger partial charge in [-0.1, -0.05) is 83.4 Å². The number of phenolic OH excluding ortho intramolecular Hbond substituents is 1. The van der Waals surface area contributed by atoms with Crippen LogP contribution in [0.5, 0.6) is 5.75 Å². The molecule has 0 bridgehead atoms. The highest BCUT2D eigenvalue weighted by Gasteiger charge is 2.72. The summed E-state index contributed by atoms with van der Waals surface area (Å²) in [5.74, 6) is -8.16. The number of carbonyl (C=O) groups excluding carboxylic acids is 1. The molecule has 3 nitrogen and oxygen atoms in total. The van der Waals surface area contributed by atoms with Crippen LogP contribution in [0.3, 0.4) is 0 Å². The Kier molecular flexibility index (Phi) is 14.7. The number of phenols is 1. The van der Waals surface area contributed by atoms with E-state index in [2.05, 4.69) is 31.8 Å². The lowest BCUT2D eigenvalue weighted by Gasteiger charge is -2.49. The van der Waals surface area contributed by atoms with E-state index >= 15 is 0 Å². The number of nitrogens with one attached hydrogen (secondary N) is 1. The Labute approximate surface area is 264 Å². The lowest BCUT2D eigenvalue weighted by atomic mass is 9.55. The van der Waals surface area contributed by atoms with Crippen LogP contribution in [0.2, 0.25) is 0 Å². The van der Waals surface area contributed by atoms with E-state index in [1.807, 2.05) is 12.1 Å². The first-order valence-electron chi connectivity index (χ1n) is 16.5. The topological polar surface area (TPSA) is 49.3 Å². The summed E-state index contributed by atoms with van der Waals surface area (Å²) < 4.78 is 86.7. The van der Waals surface area contributed by atoms with Gasteiger partial charge in [-0.05, 0) is 91.4 Å². The first-order valence-corrected chi connectivity index (χ1v) is 16.5. The van der Waals surface area contributed by atoms with Crippen molar-refractivity contribution in [2.24, 2.45) is 17.3 Å². The fraction of sp³-hybridized carbons (Fsp3) is 0.743. The quantitative estimate of drug-likeness (QED) is 0.102. The molecule has 45 heavy (non-hydrogen) atoms. The molecule has 0 saturated heterocycles. The van der Waals surface area contributed by atoms with E-state index < -0.39 is 24.4 Å². The number of fused-ring (bicyclic) bond motifs is 5. The summed E-state index contributed by atoms with van der Waals surface area (Å²) in [5.41, 5.74) is 4.85. The molecule has 0 heterocycles. The van der Waals surface area contributed by atoms with Crippen LogP contribution < -0.4 is 5.32 Å². The molecule has 2 fully saturated rings. The van der Waals surface area contributed by atoms with Gasteiger partial charge < -0.3 is 10.4 Å². The number of amides is 1. The Bertz CT molecular complexity index is 1070. The minimum absolute atomic E-state index is 0.247. The minimum Gasteiger partial charge on any atom is -0.508 e. The smallest absolute Gasteiger partial charge is 0.459 e. The first-order chi connectivity index (χ1) is 21.1. The Morgan fingerprint density at radius 2 is 1.51 bits per heavy atom. The van der Waals surface area contributed by atoms with Gasteiger partial charge in [-0.25, -0.2) is 0 Å². The van der Waals surface area contributed by atoms with Crippen molar-refractivity contribution < 1.29 is 40.6 Å². The first kappa shape index (κ1) is 38.9. The van der Waals surface area contributed by atoms with Crippen molar-refractivity contribution in [3.8, 4) is 5.75 Å². The molecule has 258 valence electrons. The second-order valence-electron chi connectivity index (χ2n) is 13.2. The summed E-state index contributed by atoms with van der Waals surface area (Å²) in [6.07, 6.45) is 7.25. The summed E-state index contributed by atoms with van der Waals surface area (Å²) in [5, 5.41) is 11.9. The molecule has 2 N–H and O–H groups in total. The van der Waals surface area contributed by atoms with Crippen LogP contribution in [0.4, 0.5) is 30.7 Å². The van der Waals surface area contributed by atoms with E-state index in [1.54, 1.807) is 7.05 Å². The van der Waals surface area contributed by atoms with Crippen LogP contribution in [-0.4, -0.2) is 36.6 Å². The number of aromatic hydroxyl groups is 1. The monoisotopic (exact) mass is 651 g/mol. The van der Waals surface area contributed by atoms with Gasteiger partial charge in [0.1, 0.15) is 5.75 Å². The summed E-state index contributed by atoms with van der Waals surface area (Å²) in [4.78, 5) is 9.06. The van der Waals surface area contributed by atoms with Crippen molar-refractivity contribution in [3.63, 3.8) is 0 Å². The summed E-state index contributed by atoms with van der Waals surface area (Å²) in [6, 6.07) is 6.06. The molecule has 1 aromatic rings. The fourth-order valence-corrected chi connectivity index (χ4v) is 7.50. The number of benzene rings is 1. The molecule has 1 amide bonds. The van der Waals surface area contributed by atoms with Gasteiger partial charge in [0.25, 0.3) is 0 Å². The average Bonchev–Trinajstić information content (AvgIpc) is 3.29. The van der Waals surface area contributed by atoms with E-state index in [1.165, 1.54) is 48.8 Å². The molecule has 10 heteroatoms. The van der Waals surface area contributed by atoms with Gasteiger partial charge >= 0.3 is 18.0 Å². The van der Waals surface area contributed by atoms with Crippen LogP contribution in [-0.2, 0) is 11.2 Å². The van der Waals surface area contributed by atoms with Crippen molar-refractivity contribution in [1.82, 2.24) is 5.32 Å². The zero-order chi connectivity index (χ0) is 33.9.